The lowest BCUT2D eigenvalue weighted by molar-refractivity contribution is -0.121. The summed E-state index contributed by atoms with van der Waals surface area (Å²) in [5, 5.41) is 4.47. The SMILES string of the molecule is CCCn1c(=O)c2nscc2n(CC(=O)NCc2ccc(C)c(C)c2)c1=O. The molecule has 2 aromatic heterocycles. The van der Waals surface area contributed by atoms with E-state index in [2.05, 4.69) is 9.69 Å². The van der Waals surface area contributed by atoms with Crippen LogP contribution in [0.4, 0.5) is 0 Å². The van der Waals surface area contributed by atoms with Gasteiger partial charge in [-0.2, -0.15) is 4.37 Å². The van der Waals surface area contributed by atoms with Crippen LogP contribution >= 0.6 is 11.5 Å². The van der Waals surface area contributed by atoms with E-state index in [0.29, 0.717) is 25.0 Å². The molecule has 7 nitrogen and oxygen atoms in total. The van der Waals surface area contributed by atoms with Gasteiger partial charge in [-0.05, 0) is 48.5 Å². The summed E-state index contributed by atoms with van der Waals surface area (Å²) in [4.78, 5) is 37.5. The number of amides is 1. The van der Waals surface area contributed by atoms with Crippen molar-refractivity contribution in [2.75, 3.05) is 0 Å². The van der Waals surface area contributed by atoms with Crippen LogP contribution in [0, 0.1) is 13.8 Å². The number of fused-ring (bicyclic) bond motifs is 1. The largest absolute Gasteiger partial charge is 0.350 e. The summed E-state index contributed by atoms with van der Waals surface area (Å²) >= 11 is 1.10. The fourth-order valence-corrected chi connectivity index (χ4v) is 3.59. The van der Waals surface area contributed by atoms with Crippen molar-refractivity contribution in [3.8, 4) is 0 Å². The predicted octanol–water partition coefficient (Wildman–Crippen LogP) is 1.96. The maximum absolute atomic E-state index is 12.7. The van der Waals surface area contributed by atoms with Crippen LogP contribution in [0.25, 0.3) is 11.0 Å². The summed E-state index contributed by atoms with van der Waals surface area (Å²) in [6.07, 6.45) is 0.643. The highest BCUT2D eigenvalue weighted by atomic mass is 32.1. The maximum atomic E-state index is 12.7. The van der Waals surface area contributed by atoms with Crippen molar-refractivity contribution in [3.05, 3.63) is 61.1 Å². The predicted molar refractivity (Wildman–Crippen MR) is 106 cm³/mol. The van der Waals surface area contributed by atoms with E-state index in [1.54, 1.807) is 5.38 Å². The van der Waals surface area contributed by atoms with E-state index in [0.717, 1.165) is 27.2 Å². The minimum atomic E-state index is -0.476. The van der Waals surface area contributed by atoms with Gasteiger partial charge in [0.15, 0.2) is 5.52 Å². The molecule has 0 aliphatic carbocycles. The van der Waals surface area contributed by atoms with Gasteiger partial charge in [0.05, 0.1) is 5.52 Å². The summed E-state index contributed by atoms with van der Waals surface area (Å²) < 4.78 is 6.58. The molecule has 3 rings (SSSR count). The third-order valence-corrected chi connectivity index (χ3v) is 5.18. The van der Waals surface area contributed by atoms with Crippen molar-refractivity contribution < 1.29 is 4.79 Å². The Morgan fingerprint density at radius 1 is 1.19 bits per heavy atom. The Labute approximate surface area is 160 Å². The Morgan fingerprint density at radius 3 is 2.67 bits per heavy atom. The summed E-state index contributed by atoms with van der Waals surface area (Å²) in [6, 6.07) is 6.02. The van der Waals surface area contributed by atoms with Crippen molar-refractivity contribution in [1.29, 1.82) is 0 Å². The van der Waals surface area contributed by atoms with Crippen LogP contribution < -0.4 is 16.6 Å². The molecule has 0 fully saturated rings. The fraction of sp³-hybridized carbons (Fsp3) is 0.368. The van der Waals surface area contributed by atoms with Crippen LogP contribution in [-0.4, -0.2) is 19.4 Å². The van der Waals surface area contributed by atoms with Crippen molar-refractivity contribution in [3.63, 3.8) is 0 Å². The van der Waals surface area contributed by atoms with E-state index < -0.39 is 11.2 Å². The number of carbonyl (C=O) groups is 1. The molecule has 0 atom stereocenters. The number of aromatic nitrogens is 3. The Balaban J connectivity index is 1.84. The first-order valence-electron chi connectivity index (χ1n) is 8.83. The summed E-state index contributed by atoms with van der Waals surface area (Å²) in [7, 11) is 0. The summed E-state index contributed by atoms with van der Waals surface area (Å²) in [5.41, 5.74) is 3.12. The van der Waals surface area contributed by atoms with Crippen LogP contribution in [0.5, 0.6) is 0 Å². The molecular weight excluding hydrogens is 364 g/mol. The zero-order valence-electron chi connectivity index (χ0n) is 15.6. The molecule has 1 N–H and O–H groups in total. The molecule has 0 unspecified atom stereocenters. The van der Waals surface area contributed by atoms with Gasteiger partial charge in [-0.1, -0.05) is 25.1 Å². The standard InChI is InChI=1S/C19H22N4O3S/c1-4-7-22-18(25)17-15(11-27-21-17)23(19(22)26)10-16(24)20-9-14-6-5-12(2)13(3)8-14/h5-6,8,11H,4,7,9-10H2,1-3H3,(H,20,24). The van der Waals surface area contributed by atoms with E-state index >= 15 is 0 Å². The van der Waals surface area contributed by atoms with Crippen molar-refractivity contribution in [2.45, 2.75) is 46.8 Å². The number of hydrogen-bond donors (Lipinski definition) is 1. The van der Waals surface area contributed by atoms with E-state index in [9.17, 15) is 14.4 Å². The lowest BCUT2D eigenvalue weighted by Crippen LogP contribution is -2.42. The topological polar surface area (TPSA) is 86.0 Å². The number of rotatable bonds is 6. The lowest BCUT2D eigenvalue weighted by atomic mass is 10.1. The first-order valence-corrected chi connectivity index (χ1v) is 9.66. The second-order valence-corrected chi connectivity index (χ2v) is 7.20. The highest BCUT2D eigenvalue weighted by Gasteiger charge is 2.16. The molecule has 0 aliphatic heterocycles. The molecule has 2 heterocycles. The normalized spacial score (nSPS) is 11.1. The second-order valence-electron chi connectivity index (χ2n) is 6.57. The van der Waals surface area contributed by atoms with Gasteiger partial charge in [0.1, 0.15) is 6.54 Å². The average molecular weight is 386 g/mol. The zero-order chi connectivity index (χ0) is 19.6. The number of hydrogen-bond acceptors (Lipinski definition) is 5. The maximum Gasteiger partial charge on any atom is 0.332 e. The summed E-state index contributed by atoms with van der Waals surface area (Å²) in [6.45, 7) is 6.48. The van der Waals surface area contributed by atoms with Crippen molar-refractivity contribution in [2.24, 2.45) is 0 Å². The second kappa shape index (κ2) is 7.87. The molecule has 8 heteroatoms. The molecule has 0 bridgehead atoms. The first kappa shape index (κ1) is 19.0. The molecule has 0 aliphatic rings. The van der Waals surface area contributed by atoms with Gasteiger partial charge in [-0.15, -0.1) is 0 Å². The lowest BCUT2D eigenvalue weighted by Gasteiger charge is -2.12. The van der Waals surface area contributed by atoms with Gasteiger partial charge in [0, 0.05) is 18.5 Å². The smallest absolute Gasteiger partial charge is 0.332 e. The molecule has 0 saturated carbocycles. The van der Waals surface area contributed by atoms with Crippen LogP contribution in [0.2, 0.25) is 0 Å². The number of carbonyl (C=O) groups excluding carboxylic acids is 1. The van der Waals surface area contributed by atoms with Crippen LogP contribution in [0.1, 0.15) is 30.0 Å². The molecule has 0 saturated heterocycles. The summed E-state index contributed by atoms with van der Waals surface area (Å²) in [5.74, 6) is -0.287. The Bertz CT molecular complexity index is 1110. The van der Waals surface area contributed by atoms with Gasteiger partial charge >= 0.3 is 5.69 Å². The van der Waals surface area contributed by atoms with Gasteiger partial charge in [0.2, 0.25) is 5.91 Å². The van der Waals surface area contributed by atoms with Gasteiger partial charge in [-0.25, -0.2) is 4.79 Å². The molecular formula is C19H22N4O3S. The zero-order valence-corrected chi connectivity index (χ0v) is 16.4. The molecule has 0 radical (unpaired) electrons. The molecule has 0 spiro atoms. The number of nitrogens with one attached hydrogen (secondary N) is 1. The van der Waals surface area contributed by atoms with E-state index in [1.807, 2.05) is 39.0 Å². The van der Waals surface area contributed by atoms with Gasteiger partial charge in [0.25, 0.3) is 5.56 Å². The third kappa shape index (κ3) is 3.85. The highest BCUT2D eigenvalue weighted by Crippen LogP contribution is 2.11. The van der Waals surface area contributed by atoms with E-state index in [4.69, 9.17) is 0 Å². The minimum absolute atomic E-state index is 0.150. The number of aryl methyl sites for hydroxylation is 2. The number of nitrogens with zero attached hydrogens (tertiary/aromatic N) is 3. The van der Waals surface area contributed by atoms with Gasteiger partial charge < -0.3 is 5.32 Å². The monoisotopic (exact) mass is 386 g/mol. The minimum Gasteiger partial charge on any atom is -0.350 e. The van der Waals surface area contributed by atoms with Crippen LogP contribution in [0.3, 0.4) is 0 Å². The molecule has 27 heavy (non-hydrogen) atoms. The van der Waals surface area contributed by atoms with Crippen molar-refractivity contribution in [1.82, 2.24) is 18.8 Å². The molecule has 1 aromatic carbocycles. The molecule has 3 aromatic rings. The molecule has 1 amide bonds. The highest BCUT2D eigenvalue weighted by molar-refractivity contribution is 7.04. The van der Waals surface area contributed by atoms with Crippen LogP contribution in [0.15, 0.2) is 33.2 Å². The third-order valence-electron chi connectivity index (χ3n) is 4.56. The van der Waals surface area contributed by atoms with E-state index in [-0.39, 0.29) is 18.0 Å². The fourth-order valence-electron chi connectivity index (χ4n) is 2.92. The Kier molecular flexibility index (Phi) is 5.55. The van der Waals surface area contributed by atoms with E-state index in [1.165, 1.54) is 10.1 Å². The molecule has 142 valence electrons. The first-order chi connectivity index (χ1) is 12.9. The number of benzene rings is 1. The average Bonchev–Trinajstić information content (AvgIpc) is 3.13. The van der Waals surface area contributed by atoms with Crippen LogP contribution in [-0.2, 0) is 24.4 Å². The van der Waals surface area contributed by atoms with Gasteiger partial charge in [-0.3, -0.25) is 18.7 Å². The quantitative estimate of drug-likeness (QED) is 0.702. The van der Waals surface area contributed by atoms with Crippen molar-refractivity contribution >= 4 is 28.5 Å². The Morgan fingerprint density at radius 2 is 1.96 bits per heavy atom. The Hall–Kier alpha value is -2.74.